The van der Waals surface area contributed by atoms with E-state index < -0.39 is 5.60 Å². The number of nitrogens with zero attached hydrogens (tertiary/aromatic N) is 3. The van der Waals surface area contributed by atoms with Gasteiger partial charge in [0.1, 0.15) is 11.4 Å². The summed E-state index contributed by atoms with van der Waals surface area (Å²) >= 11 is 1.46. The molecule has 0 bridgehead atoms. The van der Waals surface area contributed by atoms with Gasteiger partial charge in [-0.1, -0.05) is 17.4 Å². The van der Waals surface area contributed by atoms with Crippen LogP contribution in [0.3, 0.4) is 0 Å². The average molecular weight is 565 g/mol. The van der Waals surface area contributed by atoms with E-state index in [0.29, 0.717) is 36.6 Å². The van der Waals surface area contributed by atoms with Crippen molar-refractivity contribution >= 4 is 38.5 Å². The van der Waals surface area contributed by atoms with Crippen LogP contribution in [0, 0.1) is 5.82 Å². The molecule has 4 aromatic rings. The zero-order chi connectivity index (χ0) is 28.0. The van der Waals surface area contributed by atoms with Crippen LogP contribution in [0.15, 0.2) is 42.6 Å². The fourth-order valence-corrected chi connectivity index (χ4v) is 6.53. The summed E-state index contributed by atoms with van der Waals surface area (Å²) in [5, 5.41) is 3.10. The van der Waals surface area contributed by atoms with Gasteiger partial charge in [0.25, 0.3) is 5.91 Å². The SMILES string of the molecule is CC(C)(C)OC(=O)N1CCCC1c1ccc(-c2cn3c(n2)sc2cc(C(=O)NC4CCOCC4)ccc23)c(F)c1. The number of thiazole rings is 1. The standard InChI is InChI=1S/C30H33FN4O4S/c1-30(2,3)39-29(37)34-12-4-5-24(34)18-6-8-21(22(31)15-18)23-17-35-25-9-7-19(16-26(25)40-28(35)33-23)27(36)32-20-10-13-38-14-11-20/h6-9,15-17,20,24H,4-5,10-14H2,1-3H3,(H,32,36). The number of aromatic nitrogens is 2. The molecule has 40 heavy (non-hydrogen) atoms. The Hall–Kier alpha value is -3.50. The quantitative estimate of drug-likeness (QED) is 0.313. The van der Waals surface area contributed by atoms with Crippen molar-refractivity contribution in [2.24, 2.45) is 0 Å². The van der Waals surface area contributed by atoms with Gasteiger partial charge in [0.2, 0.25) is 0 Å². The smallest absolute Gasteiger partial charge is 0.410 e. The molecular formula is C30H33FN4O4S. The highest BCUT2D eigenvalue weighted by atomic mass is 32.1. The van der Waals surface area contributed by atoms with Crippen molar-refractivity contribution in [1.29, 1.82) is 0 Å². The lowest BCUT2D eigenvalue weighted by molar-refractivity contribution is 0.0224. The number of amides is 2. The predicted molar refractivity (Wildman–Crippen MR) is 152 cm³/mol. The molecule has 2 fully saturated rings. The molecule has 0 spiro atoms. The number of hydrogen-bond donors (Lipinski definition) is 1. The van der Waals surface area contributed by atoms with Crippen molar-refractivity contribution in [2.75, 3.05) is 19.8 Å². The lowest BCUT2D eigenvalue weighted by Gasteiger charge is -2.29. The second-order valence-electron chi connectivity index (χ2n) is 11.5. The van der Waals surface area contributed by atoms with Gasteiger partial charge in [0, 0.05) is 43.1 Å². The summed E-state index contributed by atoms with van der Waals surface area (Å²) in [6.07, 6.45) is 4.71. The normalized spacial score (nSPS) is 18.5. The molecule has 0 saturated carbocycles. The van der Waals surface area contributed by atoms with Gasteiger partial charge in [-0.15, -0.1) is 0 Å². The van der Waals surface area contributed by atoms with E-state index in [1.807, 2.05) is 55.6 Å². The Morgan fingerprint density at radius 1 is 1.12 bits per heavy atom. The van der Waals surface area contributed by atoms with E-state index in [-0.39, 0.29) is 29.9 Å². The number of imidazole rings is 1. The van der Waals surface area contributed by atoms with Crippen molar-refractivity contribution < 1.29 is 23.5 Å². The maximum atomic E-state index is 15.4. The van der Waals surface area contributed by atoms with Gasteiger partial charge in [-0.25, -0.2) is 14.2 Å². The molecule has 2 aliphatic rings. The van der Waals surface area contributed by atoms with Gasteiger partial charge in [-0.2, -0.15) is 0 Å². The molecule has 0 radical (unpaired) electrons. The highest BCUT2D eigenvalue weighted by molar-refractivity contribution is 7.23. The lowest BCUT2D eigenvalue weighted by Crippen LogP contribution is -2.38. The number of hydrogen-bond acceptors (Lipinski definition) is 6. The molecule has 6 rings (SSSR count). The monoisotopic (exact) mass is 564 g/mol. The fourth-order valence-electron chi connectivity index (χ4n) is 5.48. The number of nitrogens with one attached hydrogen (secondary N) is 1. The number of likely N-dealkylation sites (tertiary alicyclic amines) is 1. The number of ether oxygens (including phenoxy) is 2. The van der Waals surface area contributed by atoms with Crippen LogP contribution in [0.4, 0.5) is 9.18 Å². The third kappa shape index (κ3) is 5.30. The molecular weight excluding hydrogens is 531 g/mol. The maximum Gasteiger partial charge on any atom is 0.410 e. The molecule has 0 aliphatic carbocycles. The zero-order valence-electron chi connectivity index (χ0n) is 22.9. The van der Waals surface area contributed by atoms with E-state index in [0.717, 1.165) is 46.4 Å². The van der Waals surface area contributed by atoms with Crippen LogP contribution in [0.5, 0.6) is 0 Å². The molecule has 8 nitrogen and oxygen atoms in total. The second kappa shape index (κ2) is 10.5. The first-order valence-corrected chi connectivity index (χ1v) is 14.6. The predicted octanol–water partition coefficient (Wildman–Crippen LogP) is 6.34. The molecule has 10 heteroatoms. The minimum Gasteiger partial charge on any atom is -0.444 e. The Balaban J connectivity index is 1.22. The van der Waals surface area contributed by atoms with Crippen molar-refractivity contribution in [3.05, 3.63) is 59.5 Å². The lowest BCUT2D eigenvalue weighted by atomic mass is 10.0. The fraction of sp³-hybridized carbons (Fsp3) is 0.433. The molecule has 2 aromatic carbocycles. The summed E-state index contributed by atoms with van der Waals surface area (Å²) in [5.41, 5.74) is 2.63. The maximum absolute atomic E-state index is 15.4. The van der Waals surface area contributed by atoms with E-state index in [4.69, 9.17) is 14.5 Å². The van der Waals surface area contributed by atoms with Crippen molar-refractivity contribution in [3.8, 4) is 11.3 Å². The van der Waals surface area contributed by atoms with Crippen LogP contribution in [0.1, 0.15) is 68.4 Å². The molecule has 1 N–H and O–H groups in total. The Bertz CT molecular complexity index is 1580. The molecule has 4 heterocycles. The Morgan fingerprint density at radius 2 is 1.93 bits per heavy atom. The Morgan fingerprint density at radius 3 is 2.67 bits per heavy atom. The third-order valence-electron chi connectivity index (χ3n) is 7.45. The van der Waals surface area contributed by atoms with Crippen molar-refractivity contribution in [1.82, 2.24) is 19.6 Å². The first-order valence-electron chi connectivity index (χ1n) is 13.8. The number of carbonyl (C=O) groups is 2. The summed E-state index contributed by atoms with van der Waals surface area (Å²) in [6.45, 7) is 7.45. The van der Waals surface area contributed by atoms with Crippen LogP contribution in [0.25, 0.3) is 26.4 Å². The van der Waals surface area contributed by atoms with Gasteiger partial charge in [-0.05, 0) is 82.3 Å². The zero-order valence-corrected chi connectivity index (χ0v) is 23.7. The number of fused-ring (bicyclic) bond motifs is 3. The van der Waals surface area contributed by atoms with Gasteiger partial charge in [0.15, 0.2) is 4.96 Å². The number of carbonyl (C=O) groups excluding carboxylic acids is 2. The van der Waals surface area contributed by atoms with Gasteiger partial charge < -0.3 is 19.7 Å². The number of benzene rings is 2. The summed E-state index contributed by atoms with van der Waals surface area (Å²) < 4.78 is 29.3. The summed E-state index contributed by atoms with van der Waals surface area (Å²) in [7, 11) is 0. The van der Waals surface area contributed by atoms with E-state index in [9.17, 15) is 9.59 Å². The van der Waals surface area contributed by atoms with E-state index in [2.05, 4.69) is 5.32 Å². The van der Waals surface area contributed by atoms with Crippen molar-refractivity contribution in [3.63, 3.8) is 0 Å². The van der Waals surface area contributed by atoms with Crippen LogP contribution >= 0.6 is 11.3 Å². The van der Waals surface area contributed by atoms with Crippen molar-refractivity contribution in [2.45, 2.75) is 64.1 Å². The first-order chi connectivity index (χ1) is 19.2. The van der Waals surface area contributed by atoms with E-state index in [1.54, 1.807) is 11.0 Å². The van der Waals surface area contributed by atoms with Gasteiger partial charge in [0.05, 0.1) is 22.0 Å². The summed E-state index contributed by atoms with van der Waals surface area (Å²) in [5.74, 6) is -0.467. The van der Waals surface area contributed by atoms with Crippen LogP contribution in [-0.4, -0.2) is 57.7 Å². The largest absolute Gasteiger partial charge is 0.444 e. The van der Waals surface area contributed by atoms with E-state index >= 15 is 4.39 Å². The van der Waals surface area contributed by atoms with Crippen LogP contribution in [-0.2, 0) is 9.47 Å². The van der Waals surface area contributed by atoms with Gasteiger partial charge >= 0.3 is 6.09 Å². The first kappa shape index (κ1) is 26.7. The van der Waals surface area contributed by atoms with Crippen LogP contribution < -0.4 is 5.32 Å². The average Bonchev–Trinajstić information content (AvgIpc) is 3.63. The third-order valence-corrected chi connectivity index (χ3v) is 8.46. The molecule has 1 unspecified atom stereocenters. The minimum atomic E-state index is -0.587. The molecule has 2 saturated heterocycles. The highest BCUT2D eigenvalue weighted by Gasteiger charge is 2.33. The molecule has 2 amide bonds. The number of rotatable bonds is 4. The summed E-state index contributed by atoms with van der Waals surface area (Å²) in [6, 6.07) is 10.7. The Kier molecular flexibility index (Phi) is 7.00. The number of halogens is 1. The minimum absolute atomic E-state index is 0.0878. The van der Waals surface area contributed by atoms with Crippen LogP contribution in [0.2, 0.25) is 0 Å². The van der Waals surface area contributed by atoms with Gasteiger partial charge in [-0.3, -0.25) is 9.20 Å². The molecule has 1 atom stereocenters. The molecule has 210 valence electrons. The molecule has 2 aliphatic heterocycles. The van der Waals surface area contributed by atoms with E-state index in [1.165, 1.54) is 17.4 Å². The Labute approximate surface area is 236 Å². The summed E-state index contributed by atoms with van der Waals surface area (Å²) in [4.78, 5) is 32.6. The second-order valence-corrected chi connectivity index (χ2v) is 12.5. The topological polar surface area (TPSA) is 85.2 Å². The molecule has 2 aromatic heterocycles. The highest BCUT2D eigenvalue weighted by Crippen LogP contribution is 2.36.